The zero-order valence-corrected chi connectivity index (χ0v) is 14.3. The SMILES string of the molecule is Cc1nc([C@H]2CCCN2C(=O)[C@H]2CCCN(S(C)(=O)=O)C2)no1. The predicted octanol–water partition coefficient (Wildman–Crippen LogP) is 0.713. The smallest absolute Gasteiger partial charge is 0.227 e. The molecule has 2 saturated heterocycles. The highest BCUT2D eigenvalue weighted by Gasteiger charge is 2.38. The molecule has 1 amide bonds. The van der Waals surface area contributed by atoms with Crippen LogP contribution in [0.5, 0.6) is 0 Å². The second-order valence-corrected chi connectivity index (χ2v) is 8.30. The quantitative estimate of drug-likeness (QED) is 0.803. The number of rotatable bonds is 3. The van der Waals surface area contributed by atoms with Gasteiger partial charge in [0.05, 0.1) is 18.2 Å². The first-order valence-electron chi connectivity index (χ1n) is 7.92. The molecule has 0 unspecified atom stereocenters. The van der Waals surface area contributed by atoms with Crippen LogP contribution < -0.4 is 0 Å². The Morgan fingerprint density at radius 2 is 2.00 bits per heavy atom. The number of nitrogens with zero attached hydrogens (tertiary/aromatic N) is 4. The van der Waals surface area contributed by atoms with Crippen molar-refractivity contribution in [2.24, 2.45) is 5.92 Å². The standard InChI is InChI=1S/C14H22N4O4S/c1-10-15-13(16-22-10)12-6-4-8-18(12)14(19)11-5-3-7-17(9-11)23(2,20)21/h11-12H,3-9H2,1-2H3/t11-,12+/m0/s1. The van der Waals surface area contributed by atoms with Crippen molar-refractivity contribution in [3.05, 3.63) is 11.7 Å². The first-order valence-corrected chi connectivity index (χ1v) is 9.77. The van der Waals surface area contributed by atoms with Crippen molar-refractivity contribution in [1.29, 1.82) is 0 Å². The van der Waals surface area contributed by atoms with Crippen molar-refractivity contribution >= 4 is 15.9 Å². The maximum Gasteiger partial charge on any atom is 0.227 e. The van der Waals surface area contributed by atoms with Gasteiger partial charge in [-0.15, -0.1) is 0 Å². The van der Waals surface area contributed by atoms with Gasteiger partial charge in [0.2, 0.25) is 21.8 Å². The number of sulfonamides is 1. The minimum Gasteiger partial charge on any atom is -0.340 e. The van der Waals surface area contributed by atoms with Crippen molar-refractivity contribution in [2.75, 3.05) is 25.9 Å². The van der Waals surface area contributed by atoms with Crippen molar-refractivity contribution < 1.29 is 17.7 Å². The van der Waals surface area contributed by atoms with E-state index in [0.29, 0.717) is 31.2 Å². The van der Waals surface area contributed by atoms with Crippen LogP contribution in [-0.2, 0) is 14.8 Å². The molecule has 128 valence electrons. The molecule has 2 atom stereocenters. The topological polar surface area (TPSA) is 96.6 Å². The van der Waals surface area contributed by atoms with Crippen LogP contribution in [0.15, 0.2) is 4.52 Å². The number of carbonyl (C=O) groups is 1. The van der Waals surface area contributed by atoms with E-state index in [9.17, 15) is 13.2 Å². The lowest BCUT2D eigenvalue weighted by atomic mass is 9.97. The van der Waals surface area contributed by atoms with E-state index < -0.39 is 10.0 Å². The van der Waals surface area contributed by atoms with E-state index in [2.05, 4.69) is 10.1 Å². The molecule has 1 aromatic heterocycles. The number of amides is 1. The molecule has 2 fully saturated rings. The molecule has 0 bridgehead atoms. The molecule has 2 aliphatic heterocycles. The monoisotopic (exact) mass is 342 g/mol. The third-order valence-electron chi connectivity index (χ3n) is 4.58. The van der Waals surface area contributed by atoms with Gasteiger partial charge in [-0.25, -0.2) is 12.7 Å². The van der Waals surface area contributed by atoms with Crippen LogP contribution in [0.3, 0.4) is 0 Å². The molecule has 0 radical (unpaired) electrons. The molecule has 0 spiro atoms. The van der Waals surface area contributed by atoms with Crippen LogP contribution in [0.25, 0.3) is 0 Å². The van der Waals surface area contributed by atoms with Gasteiger partial charge in [0.25, 0.3) is 0 Å². The molecule has 0 saturated carbocycles. The molecule has 9 heteroatoms. The molecular weight excluding hydrogens is 320 g/mol. The Morgan fingerprint density at radius 1 is 1.26 bits per heavy atom. The summed E-state index contributed by atoms with van der Waals surface area (Å²) < 4.78 is 29.9. The van der Waals surface area contributed by atoms with Gasteiger partial charge in [0.1, 0.15) is 0 Å². The number of likely N-dealkylation sites (tertiary alicyclic amines) is 1. The Kier molecular flexibility index (Phi) is 4.41. The summed E-state index contributed by atoms with van der Waals surface area (Å²) in [5.74, 6) is 0.750. The molecule has 0 N–H and O–H groups in total. The van der Waals surface area contributed by atoms with Gasteiger partial charge >= 0.3 is 0 Å². The average Bonchev–Trinajstić information content (AvgIpc) is 3.14. The second-order valence-electron chi connectivity index (χ2n) is 6.32. The van der Waals surface area contributed by atoms with Gasteiger partial charge in [0, 0.05) is 26.6 Å². The highest BCUT2D eigenvalue weighted by molar-refractivity contribution is 7.88. The predicted molar refractivity (Wildman–Crippen MR) is 81.9 cm³/mol. The van der Waals surface area contributed by atoms with Crippen LogP contribution in [0.2, 0.25) is 0 Å². The van der Waals surface area contributed by atoms with Crippen molar-refractivity contribution in [3.8, 4) is 0 Å². The normalized spacial score (nSPS) is 26.6. The molecule has 1 aromatic rings. The molecule has 0 aliphatic carbocycles. The molecule has 2 aliphatic rings. The Morgan fingerprint density at radius 3 is 2.65 bits per heavy atom. The summed E-state index contributed by atoms with van der Waals surface area (Å²) in [6.45, 7) is 3.15. The second kappa shape index (κ2) is 6.20. The number of aromatic nitrogens is 2. The summed E-state index contributed by atoms with van der Waals surface area (Å²) in [5, 5.41) is 3.94. The number of carbonyl (C=O) groups excluding carboxylic acids is 1. The van der Waals surface area contributed by atoms with Crippen LogP contribution in [0, 0.1) is 12.8 Å². The minimum atomic E-state index is -3.26. The summed E-state index contributed by atoms with van der Waals surface area (Å²) in [5.41, 5.74) is 0. The summed E-state index contributed by atoms with van der Waals surface area (Å²) >= 11 is 0. The van der Waals surface area contributed by atoms with Gasteiger partial charge in [-0.05, 0) is 25.7 Å². The first-order chi connectivity index (χ1) is 10.9. The van der Waals surface area contributed by atoms with Gasteiger partial charge in [0.15, 0.2) is 5.82 Å². The number of piperidine rings is 1. The number of aryl methyl sites for hydroxylation is 1. The minimum absolute atomic E-state index is 0.00306. The van der Waals surface area contributed by atoms with Gasteiger partial charge in [-0.2, -0.15) is 4.98 Å². The van der Waals surface area contributed by atoms with Gasteiger partial charge in [-0.3, -0.25) is 4.79 Å². The number of hydrogen-bond donors (Lipinski definition) is 0. The molecule has 3 heterocycles. The van der Waals surface area contributed by atoms with Crippen molar-refractivity contribution in [1.82, 2.24) is 19.3 Å². The van der Waals surface area contributed by atoms with Crippen LogP contribution >= 0.6 is 0 Å². The molecular formula is C14H22N4O4S. The maximum absolute atomic E-state index is 12.9. The summed E-state index contributed by atoms with van der Waals surface area (Å²) in [7, 11) is -3.26. The molecule has 8 nitrogen and oxygen atoms in total. The van der Waals surface area contributed by atoms with Crippen LogP contribution in [-0.4, -0.2) is 59.6 Å². The molecule has 23 heavy (non-hydrogen) atoms. The van der Waals surface area contributed by atoms with Crippen molar-refractivity contribution in [3.63, 3.8) is 0 Å². The Hall–Kier alpha value is -1.48. The van der Waals surface area contributed by atoms with E-state index in [-0.39, 0.29) is 24.4 Å². The fourth-order valence-electron chi connectivity index (χ4n) is 3.43. The van der Waals surface area contributed by atoms with Crippen LogP contribution in [0.1, 0.15) is 43.4 Å². The van der Waals surface area contributed by atoms with E-state index in [4.69, 9.17) is 4.52 Å². The molecule has 3 rings (SSSR count). The van der Waals surface area contributed by atoms with E-state index in [1.807, 2.05) is 0 Å². The van der Waals surface area contributed by atoms with Gasteiger partial charge in [-0.1, -0.05) is 5.16 Å². The highest BCUT2D eigenvalue weighted by atomic mass is 32.2. The number of hydrogen-bond acceptors (Lipinski definition) is 6. The zero-order chi connectivity index (χ0) is 16.6. The third-order valence-corrected chi connectivity index (χ3v) is 5.85. The highest BCUT2D eigenvalue weighted by Crippen LogP contribution is 2.33. The van der Waals surface area contributed by atoms with E-state index in [1.54, 1.807) is 11.8 Å². The fourth-order valence-corrected chi connectivity index (χ4v) is 4.34. The summed E-state index contributed by atoms with van der Waals surface area (Å²) in [4.78, 5) is 18.9. The Bertz CT molecular complexity index is 687. The Balaban J connectivity index is 1.74. The zero-order valence-electron chi connectivity index (χ0n) is 13.4. The fraction of sp³-hybridized carbons (Fsp3) is 0.786. The molecule has 0 aromatic carbocycles. The lowest BCUT2D eigenvalue weighted by Gasteiger charge is -2.33. The maximum atomic E-state index is 12.9. The Labute approximate surface area is 135 Å². The van der Waals surface area contributed by atoms with E-state index >= 15 is 0 Å². The first kappa shape index (κ1) is 16.4. The lowest BCUT2D eigenvalue weighted by molar-refractivity contribution is -0.137. The largest absolute Gasteiger partial charge is 0.340 e. The lowest BCUT2D eigenvalue weighted by Crippen LogP contribution is -2.46. The average molecular weight is 342 g/mol. The van der Waals surface area contributed by atoms with Crippen LogP contribution in [0.4, 0.5) is 0 Å². The van der Waals surface area contributed by atoms with E-state index in [0.717, 1.165) is 19.3 Å². The summed E-state index contributed by atoms with van der Waals surface area (Å²) in [6, 6.07) is -0.159. The summed E-state index contributed by atoms with van der Waals surface area (Å²) in [6.07, 6.45) is 4.34. The third kappa shape index (κ3) is 3.40. The van der Waals surface area contributed by atoms with Gasteiger partial charge < -0.3 is 9.42 Å². The van der Waals surface area contributed by atoms with E-state index in [1.165, 1.54) is 10.6 Å². The van der Waals surface area contributed by atoms with Crippen molar-refractivity contribution in [2.45, 2.75) is 38.6 Å².